The SMILES string of the molecule is COc1cnc(C(F)F)c(F)c1C(=O)O. The summed E-state index contributed by atoms with van der Waals surface area (Å²) in [6.07, 6.45) is -2.43. The highest BCUT2D eigenvalue weighted by Crippen LogP contribution is 2.27. The topological polar surface area (TPSA) is 59.4 Å². The third-order valence-electron chi connectivity index (χ3n) is 1.65. The summed E-state index contributed by atoms with van der Waals surface area (Å²) in [7, 11) is 1.09. The van der Waals surface area contributed by atoms with E-state index in [-0.39, 0.29) is 0 Å². The van der Waals surface area contributed by atoms with Crippen LogP contribution in [0.1, 0.15) is 22.5 Å². The molecule has 0 atom stereocenters. The molecule has 0 aliphatic heterocycles. The Morgan fingerprint density at radius 3 is 2.60 bits per heavy atom. The molecular formula is C8H6F3NO3. The summed E-state index contributed by atoms with van der Waals surface area (Å²) in [4.78, 5) is 13.7. The number of rotatable bonds is 3. The monoisotopic (exact) mass is 221 g/mol. The van der Waals surface area contributed by atoms with Crippen molar-refractivity contribution in [2.24, 2.45) is 0 Å². The third-order valence-corrected chi connectivity index (χ3v) is 1.65. The van der Waals surface area contributed by atoms with E-state index < -0.39 is 35.2 Å². The number of carbonyl (C=O) groups is 1. The highest BCUT2D eigenvalue weighted by atomic mass is 19.3. The summed E-state index contributed by atoms with van der Waals surface area (Å²) >= 11 is 0. The Labute approximate surface area is 82.3 Å². The molecule has 7 heteroatoms. The molecule has 0 saturated heterocycles. The zero-order valence-electron chi connectivity index (χ0n) is 7.50. The van der Waals surface area contributed by atoms with Crippen LogP contribution in [0.25, 0.3) is 0 Å². The molecule has 1 N–H and O–H groups in total. The van der Waals surface area contributed by atoms with Gasteiger partial charge in [-0.1, -0.05) is 0 Å². The Hall–Kier alpha value is -1.79. The van der Waals surface area contributed by atoms with Crippen LogP contribution >= 0.6 is 0 Å². The average Bonchev–Trinajstić information content (AvgIpc) is 2.15. The standard InChI is InChI=1S/C8H6F3NO3/c1-15-3-2-12-6(7(10)11)5(9)4(3)8(13)14/h2,7H,1H3,(H,13,14). The molecule has 1 aromatic rings. The lowest BCUT2D eigenvalue weighted by Crippen LogP contribution is -2.09. The van der Waals surface area contributed by atoms with Gasteiger partial charge in [0.1, 0.15) is 11.3 Å². The second-order valence-corrected chi connectivity index (χ2v) is 2.51. The van der Waals surface area contributed by atoms with Gasteiger partial charge in [0, 0.05) is 0 Å². The minimum absolute atomic E-state index is 0.399. The van der Waals surface area contributed by atoms with Crippen molar-refractivity contribution in [3.63, 3.8) is 0 Å². The van der Waals surface area contributed by atoms with Crippen molar-refractivity contribution in [3.05, 3.63) is 23.3 Å². The Morgan fingerprint density at radius 2 is 2.20 bits per heavy atom. The first-order valence-corrected chi connectivity index (χ1v) is 3.72. The first-order chi connectivity index (χ1) is 6.99. The Kier molecular flexibility index (Phi) is 3.13. The predicted octanol–water partition coefficient (Wildman–Crippen LogP) is 1.87. The molecule has 0 fully saturated rings. The second kappa shape index (κ2) is 4.16. The fourth-order valence-corrected chi connectivity index (χ4v) is 0.992. The number of alkyl halides is 2. The van der Waals surface area contributed by atoms with E-state index in [1.54, 1.807) is 0 Å². The van der Waals surface area contributed by atoms with Gasteiger partial charge in [-0.15, -0.1) is 0 Å². The van der Waals surface area contributed by atoms with Crippen LogP contribution in [0.5, 0.6) is 5.75 Å². The van der Waals surface area contributed by atoms with Crippen LogP contribution in [0, 0.1) is 5.82 Å². The number of nitrogens with zero attached hydrogens (tertiary/aromatic N) is 1. The van der Waals surface area contributed by atoms with Gasteiger partial charge in [0.05, 0.1) is 13.3 Å². The van der Waals surface area contributed by atoms with E-state index in [1.165, 1.54) is 0 Å². The van der Waals surface area contributed by atoms with Crippen molar-refractivity contribution >= 4 is 5.97 Å². The van der Waals surface area contributed by atoms with Crippen LogP contribution < -0.4 is 4.74 Å². The summed E-state index contributed by atoms with van der Waals surface area (Å²) in [6, 6.07) is 0. The second-order valence-electron chi connectivity index (χ2n) is 2.51. The average molecular weight is 221 g/mol. The minimum Gasteiger partial charge on any atom is -0.494 e. The largest absolute Gasteiger partial charge is 0.494 e. The summed E-state index contributed by atoms with van der Waals surface area (Å²) in [5.74, 6) is -3.66. The normalized spacial score (nSPS) is 10.5. The van der Waals surface area contributed by atoms with Gasteiger partial charge in [0.15, 0.2) is 11.6 Å². The van der Waals surface area contributed by atoms with Crippen molar-refractivity contribution in [3.8, 4) is 5.75 Å². The molecule has 0 aromatic carbocycles. The molecule has 4 nitrogen and oxygen atoms in total. The van der Waals surface area contributed by atoms with E-state index in [4.69, 9.17) is 5.11 Å². The molecule has 1 aromatic heterocycles. The first kappa shape index (κ1) is 11.3. The Balaban J connectivity index is 3.42. The maximum Gasteiger partial charge on any atom is 0.342 e. The van der Waals surface area contributed by atoms with E-state index in [9.17, 15) is 18.0 Å². The van der Waals surface area contributed by atoms with Crippen molar-refractivity contribution < 1.29 is 27.8 Å². The molecule has 82 valence electrons. The number of aromatic carboxylic acids is 1. The molecule has 0 bridgehead atoms. The van der Waals surface area contributed by atoms with Gasteiger partial charge in [-0.25, -0.2) is 22.9 Å². The van der Waals surface area contributed by atoms with Crippen LogP contribution in [-0.2, 0) is 0 Å². The van der Waals surface area contributed by atoms with Crippen molar-refractivity contribution in [2.75, 3.05) is 7.11 Å². The third kappa shape index (κ3) is 2.00. The Morgan fingerprint density at radius 1 is 1.60 bits per heavy atom. The van der Waals surface area contributed by atoms with Crippen molar-refractivity contribution in [2.45, 2.75) is 6.43 Å². The molecule has 1 heterocycles. The smallest absolute Gasteiger partial charge is 0.342 e. The number of carboxylic acids is 1. The molecule has 0 aliphatic carbocycles. The number of ether oxygens (including phenoxy) is 1. The van der Waals surface area contributed by atoms with Crippen LogP contribution in [0.4, 0.5) is 13.2 Å². The summed E-state index contributed by atoms with van der Waals surface area (Å²) in [5, 5.41) is 8.59. The molecule has 0 saturated carbocycles. The molecular weight excluding hydrogens is 215 g/mol. The van der Waals surface area contributed by atoms with Gasteiger partial charge in [-0.3, -0.25) is 0 Å². The lowest BCUT2D eigenvalue weighted by Gasteiger charge is -2.08. The van der Waals surface area contributed by atoms with Crippen molar-refractivity contribution in [1.82, 2.24) is 4.98 Å². The number of aromatic nitrogens is 1. The number of methoxy groups -OCH3 is 1. The molecule has 0 aliphatic rings. The van der Waals surface area contributed by atoms with Gasteiger partial charge in [-0.05, 0) is 0 Å². The van der Waals surface area contributed by atoms with Crippen LogP contribution in [0.3, 0.4) is 0 Å². The van der Waals surface area contributed by atoms with E-state index in [0.717, 1.165) is 13.3 Å². The number of hydrogen-bond acceptors (Lipinski definition) is 3. The molecule has 15 heavy (non-hydrogen) atoms. The van der Waals surface area contributed by atoms with Crippen molar-refractivity contribution in [1.29, 1.82) is 0 Å². The zero-order chi connectivity index (χ0) is 11.6. The van der Waals surface area contributed by atoms with E-state index >= 15 is 0 Å². The van der Waals surface area contributed by atoms with E-state index in [2.05, 4.69) is 9.72 Å². The summed E-state index contributed by atoms with van der Waals surface area (Å²) < 4.78 is 42.1. The lowest BCUT2D eigenvalue weighted by molar-refractivity contribution is 0.0685. The van der Waals surface area contributed by atoms with Crippen LogP contribution in [-0.4, -0.2) is 23.2 Å². The predicted molar refractivity (Wildman–Crippen MR) is 42.7 cm³/mol. The first-order valence-electron chi connectivity index (χ1n) is 3.72. The lowest BCUT2D eigenvalue weighted by atomic mass is 10.2. The van der Waals surface area contributed by atoms with Gasteiger partial charge >= 0.3 is 5.97 Å². The van der Waals surface area contributed by atoms with Crippen LogP contribution in [0.2, 0.25) is 0 Å². The van der Waals surface area contributed by atoms with Gasteiger partial charge in [0.25, 0.3) is 6.43 Å². The van der Waals surface area contributed by atoms with Gasteiger partial charge < -0.3 is 9.84 Å². The Bertz CT molecular complexity index is 395. The van der Waals surface area contributed by atoms with E-state index in [0.29, 0.717) is 0 Å². The number of pyridine rings is 1. The van der Waals surface area contributed by atoms with Gasteiger partial charge in [-0.2, -0.15) is 0 Å². The van der Waals surface area contributed by atoms with Crippen LogP contribution in [0.15, 0.2) is 6.20 Å². The number of halogens is 3. The highest BCUT2D eigenvalue weighted by molar-refractivity contribution is 5.91. The molecule has 0 radical (unpaired) electrons. The highest BCUT2D eigenvalue weighted by Gasteiger charge is 2.25. The molecule has 0 spiro atoms. The number of hydrogen-bond donors (Lipinski definition) is 1. The number of carboxylic acid groups (broad SMARTS) is 1. The molecule has 0 unspecified atom stereocenters. The quantitative estimate of drug-likeness (QED) is 0.846. The summed E-state index contributed by atoms with van der Waals surface area (Å²) in [5.41, 5.74) is -2.14. The zero-order valence-corrected chi connectivity index (χ0v) is 7.50. The maximum absolute atomic E-state index is 13.2. The molecule has 1 rings (SSSR count). The summed E-state index contributed by atoms with van der Waals surface area (Å²) in [6.45, 7) is 0. The minimum atomic E-state index is -3.17. The van der Waals surface area contributed by atoms with E-state index in [1.807, 2.05) is 0 Å². The fourth-order valence-electron chi connectivity index (χ4n) is 0.992. The van der Waals surface area contributed by atoms with Gasteiger partial charge in [0.2, 0.25) is 0 Å². The maximum atomic E-state index is 13.2. The molecule has 0 amide bonds. The fraction of sp³-hybridized carbons (Fsp3) is 0.250.